The fraction of sp³-hybridized carbons (Fsp3) is 0.316. The van der Waals surface area contributed by atoms with E-state index in [1.807, 2.05) is 48.5 Å². The van der Waals surface area contributed by atoms with Crippen LogP contribution in [0, 0.1) is 11.8 Å². The standard InChI is InChI=1S/C19H21NO3S/c1-22-20-19-18(12-15-8-4-2-5-9-15)16(13-23-19)14-24(21)17-10-6-3-7-11-17/h2-11,16,18H,12-14H2,1H3/b20-19-/t16-,18+,24+/m0/s1. The lowest BCUT2D eigenvalue weighted by Crippen LogP contribution is -2.24. The molecule has 0 aromatic heterocycles. The van der Waals surface area contributed by atoms with Crippen LogP contribution in [0.25, 0.3) is 0 Å². The second-order valence-corrected chi connectivity index (χ2v) is 7.30. The number of hydrogen-bond acceptors (Lipinski definition) is 4. The average molecular weight is 343 g/mol. The molecule has 0 aliphatic carbocycles. The van der Waals surface area contributed by atoms with Gasteiger partial charge >= 0.3 is 0 Å². The number of oxime groups is 1. The van der Waals surface area contributed by atoms with Gasteiger partial charge < -0.3 is 9.57 Å². The largest absolute Gasteiger partial charge is 0.478 e. The van der Waals surface area contributed by atoms with Crippen LogP contribution in [0.2, 0.25) is 0 Å². The molecular weight excluding hydrogens is 322 g/mol. The fourth-order valence-electron chi connectivity index (χ4n) is 2.95. The summed E-state index contributed by atoms with van der Waals surface area (Å²) < 4.78 is 18.4. The van der Waals surface area contributed by atoms with Crippen molar-refractivity contribution in [3.63, 3.8) is 0 Å². The Labute approximate surface area is 144 Å². The Hall–Kier alpha value is -2.14. The van der Waals surface area contributed by atoms with Crippen molar-refractivity contribution in [2.75, 3.05) is 19.5 Å². The van der Waals surface area contributed by atoms with Crippen LogP contribution in [-0.2, 0) is 26.8 Å². The lowest BCUT2D eigenvalue weighted by atomic mass is 9.90. The summed E-state index contributed by atoms with van der Waals surface area (Å²) >= 11 is 0. The Balaban J connectivity index is 1.75. The van der Waals surface area contributed by atoms with Gasteiger partial charge in [0.05, 0.1) is 17.4 Å². The van der Waals surface area contributed by atoms with E-state index >= 15 is 0 Å². The zero-order chi connectivity index (χ0) is 16.8. The van der Waals surface area contributed by atoms with E-state index in [-0.39, 0.29) is 11.8 Å². The highest BCUT2D eigenvalue weighted by atomic mass is 32.2. The van der Waals surface area contributed by atoms with Crippen LogP contribution in [0.5, 0.6) is 0 Å². The summed E-state index contributed by atoms with van der Waals surface area (Å²) in [5, 5.41) is 4.03. The van der Waals surface area contributed by atoms with Crippen LogP contribution in [0.4, 0.5) is 0 Å². The third kappa shape index (κ3) is 4.03. The van der Waals surface area contributed by atoms with E-state index in [1.54, 1.807) is 0 Å². The number of nitrogens with zero attached hydrogens (tertiary/aromatic N) is 1. The topological polar surface area (TPSA) is 47.9 Å². The molecule has 1 fully saturated rings. The lowest BCUT2D eigenvalue weighted by Gasteiger charge is -2.16. The van der Waals surface area contributed by atoms with E-state index in [9.17, 15) is 4.21 Å². The average Bonchev–Trinajstić information content (AvgIpc) is 2.99. The Bertz CT molecular complexity index is 703. The molecule has 0 N–H and O–H groups in total. The molecule has 1 heterocycles. The van der Waals surface area contributed by atoms with Gasteiger partial charge in [0.15, 0.2) is 0 Å². The van der Waals surface area contributed by atoms with Crippen molar-refractivity contribution >= 4 is 16.7 Å². The minimum Gasteiger partial charge on any atom is -0.478 e. The molecule has 0 bridgehead atoms. The molecule has 24 heavy (non-hydrogen) atoms. The molecule has 0 saturated carbocycles. The Morgan fingerprint density at radius 3 is 2.46 bits per heavy atom. The van der Waals surface area contributed by atoms with Gasteiger partial charge in [-0.3, -0.25) is 4.21 Å². The van der Waals surface area contributed by atoms with E-state index in [2.05, 4.69) is 17.3 Å². The molecule has 2 aromatic rings. The van der Waals surface area contributed by atoms with Gasteiger partial charge in [0, 0.05) is 22.5 Å². The van der Waals surface area contributed by atoms with Crippen molar-refractivity contribution in [2.45, 2.75) is 11.3 Å². The molecule has 3 rings (SSSR count). The number of benzene rings is 2. The Morgan fingerprint density at radius 1 is 1.12 bits per heavy atom. The van der Waals surface area contributed by atoms with E-state index < -0.39 is 10.8 Å². The first-order valence-electron chi connectivity index (χ1n) is 7.99. The molecule has 1 aliphatic rings. The fourth-order valence-corrected chi connectivity index (χ4v) is 4.32. The maximum absolute atomic E-state index is 12.6. The highest BCUT2D eigenvalue weighted by molar-refractivity contribution is 7.85. The van der Waals surface area contributed by atoms with Gasteiger partial charge in [-0.05, 0) is 24.1 Å². The normalized spacial score (nSPS) is 23.0. The summed E-state index contributed by atoms with van der Waals surface area (Å²) in [6.07, 6.45) is 0.805. The predicted molar refractivity (Wildman–Crippen MR) is 95.2 cm³/mol. The van der Waals surface area contributed by atoms with Gasteiger partial charge in [0.25, 0.3) is 0 Å². The van der Waals surface area contributed by atoms with Crippen LogP contribution in [0.3, 0.4) is 0 Å². The minimum atomic E-state index is -1.05. The van der Waals surface area contributed by atoms with Crippen LogP contribution < -0.4 is 0 Å². The highest BCUT2D eigenvalue weighted by Crippen LogP contribution is 2.29. The van der Waals surface area contributed by atoms with Crippen molar-refractivity contribution in [1.82, 2.24) is 0 Å². The SMILES string of the molecule is CO/N=C1\OC[C@@H](C[S@@](=O)c2ccccc2)[C@H]1Cc1ccccc1. The zero-order valence-corrected chi connectivity index (χ0v) is 14.4. The number of ether oxygens (including phenoxy) is 1. The van der Waals surface area contributed by atoms with Crippen molar-refractivity contribution in [3.05, 3.63) is 66.2 Å². The zero-order valence-electron chi connectivity index (χ0n) is 13.6. The van der Waals surface area contributed by atoms with Gasteiger partial charge in [-0.1, -0.05) is 53.7 Å². The molecule has 3 atom stereocenters. The first-order chi connectivity index (χ1) is 11.8. The highest BCUT2D eigenvalue weighted by Gasteiger charge is 2.37. The monoisotopic (exact) mass is 343 g/mol. The summed E-state index contributed by atoms with van der Waals surface area (Å²) in [7, 11) is 0.473. The predicted octanol–water partition coefficient (Wildman–Crippen LogP) is 3.26. The Morgan fingerprint density at radius 2 is 1.79 bits per heavy atom. The molecule has 0 spiro atoms. The van der Waals surface area contributed by atoms with Crippen molar-refractivity contribution in [2.24, 2.45) is 17.0 Å². The van der Waals surface area contributed by atoms with Crippen LogP contribution in [0.1, 0.15) is 5.56 Å². The molecule has 0 radical (unpaired) electrons. The van der Waals surface area contributed by atoms with Gasteiger partial charge in [0.2, 0.25) is 5.90 Å². The maximum Gasteiger partial charge on any atom is 0.229 e. The first kappa shape index (κ1) is 16.7. The molecule has 4 nitrogen and oxygen atoms in total. The molecule has 2 aromatic carbocycles. The van der Waals surface area contributed by atoms with E-state index in [1.165, 1.54) is 12.7 Å². The summed E-state index contributed by atoms with van der Waals surface area (Å²) in [5.74, 6) is 1.40. The third-order valence-corrected chi connectivity index (χ3v) is 5.71. The molecular formula is C19H21NO3S. The minimum absolute atomic E-state index is 0.0833. The quantitative estimate of drug-likeness (QED) is 0.757. The van der Waals surface area contributed by atoms with Crippen molar-refractivity contribution in [1.29, 1.82) is 0 Å². The van der Waals surface area contributed by atoms with E-state index in [0.29, 0.717) is 18.3 Å². The Kier molecular flexibility index (Phi) is 5.64. The third-order valence-electron chi connectivity index (χ3n) is 4.18. The second-order valence-electron chi connectivity index (χ2n) is 5.80. The first-order valence-corrected chi connectivity index (χ1v) is 9.31. The molecule has 1 saturated heterocycles. The number of hydrogen-bond donors (Lipinski definition) is 0. The summed E-state index contributed by atoms with van der Waals surface area (Å²) in [4.78, 5) is 5.77. The van der Waals surface area contributed by atoms with E-state index in [0.717, 1.165) is 11.3 Å². The molecule has 0 unspecified atom stereocenters. The summed E-state index contributed by atoms with van der Waals surface area (Å²) in [6.45, 7) is 0.526. The maximum atomic E-state index is 12.6. The second kappa shape index (κ2) is 8.11. The van der Waals surface area contributed by atoms with E-state index in [4.69, 9.17) is 9.57 Å². The lowest BCUT2D eigenvalue weighted by molar-refractivity contribution is 0.195. The van der Waals surface area contributed by atoms with Crippen LogP contribution in [-0.4, -0.2) is 29.6 Å². The smallest absolute Gasteiger partial charge is 0.229 e. The van der Waals surface area contributed by atoms with Crippen LogP contribution >= 0.6 is 0 Å². The van der Waals surface area contributed by atoms with Gasteiger partial charge in [-0.15, -0.1) is 0 Å². The molecule has 0 amide bonds. The summed E-state index contributed by atoms with van der Waals surface area (Å²) in [5.41, 5.74) is 1.22. The summed E-state index contributed by atoms with van der Waals surface area (Å²) in [6, 6.07) is 19.8. The molecule has 126 valence electrons. The number of rotatable bonds is 6. The van der Waals surface area contributed by atoms with Crippen molar-refractivity contribution < 1.29 is 13.8 Å². The van der Waals surface area contributed by atoms with Gasteiger partial charge in [-0.2, -0.15) is 0 Å². The molecule has 5 heteroatoms. The van der Waals surface area contributed by atoms with Crippen molar-refractivity contribution in [3.8, 4) is 0 Å². The van der Waals surface area contributed by atoms with Gasteiger partial charge in [-0.25, -0.2) is 0 Å². The van der Waals surface area contributed by atoms with Gasteiger partial charge in [0.1, 0.15) is 7.11 Å². The molecule has 1 aliphatic heterocycles. The van der Waals surface area contributed by atoms with Crippen LogP contribution in [0.15, 0.2) is 70.7 Å².